The molecule has 25 heavy (non-hydrogen) atoms. The lowest BCUT2D eigenvalue weighted by Crippen LogP contribution is -2.28. The first-order valence-corrected chi connectivity index (χ1v) is 7.74. The fourth-order valence-electron chi connectivity index (χ4n) is 2.08. The van der Waals surface area contributed by atoms with Gasteiger partial charge in [-0.2, -0.15) is 0 Å². The summed E-state index contributed by atoms with van der Waals surface area (Å²) in [4.78, 5) is 20.1. The number of aromatic nitrogens is 2. The Balaban J connectivity index is 1.52. The van der Waals surface area contributed by atoms with E-state index in [9.17, 15) is 4.79 Å². The highest BCUT2D eigenvalue weighted by Gasteiger charge is 2.07. The molecule has 0 unspecified atom stereocenters. The Morgan fingerprint density at radius 1 is 1.12 bits per heavy atom. The number of ether oxygens (including phenoxy) is 1. The second kappa shape index (κ2) is 7.48. The number of anilines is 1. The third-order valence-electron chi connectivity index (χ3n) is 3.50. The number of hydrogen-bond donors (Lipinski definition) is 2. The first-order chi connectivity index (χ1) is 12.1. The van der Waals surface area contributed by atoms with Crippen LogP contribution in [0.25, 0.3) is 0 Å². The smallest absolute Gasteiger partial charge is 0.319 e. The van der Waals surface area contributed by atoms with E-state index in [1.54, 1.807) is 19.1 Å². The molecule has 0 radical (unpaired) electrons. The first-order valence-electron chi connectivity index (χ1n) is 7.74. The van der Waals surface area contributed by atoms with Crippen molar-refractivity contribution in [3.63, 3.8) is 0 Å². The van der Waals surface area contributed by atoms with Crippen LogP contribution < -0.4 is 15.4 Å². The molecule has 3 rings (SSSR count). The van der Waals surface area contributed by atoms with Gasteiger partial charge in [-0.15, -0.1) is 0 Å². The zero-order valence-corrected chi connectivity index (χ0v) is 13.9. The van der Waals surface area contributed by atoms with Gasteiger partial charge in [-0.05, 0) is 32.0 Å². The molecule has 1 aromatic carbocycles. The number of nitrogens with zero attached hydrogens (tertiary/aromatic N) is 2. The van der Waals surface area contributed by atoms with Crippen LogP contribution in [0.2, 0.25) is 0 Å². The second-order valence-electron chi connectivity index (χ2n) is 5.46. The van der Waals surface area contributed by atoms with Crippen LogP contribution >= 0.6 is 0 Å². The van der Waals surface area contributed by atoms with Gasteiger partial charge in [0, 0.05) is 6.07 Å². The number of carbonyl (C=O) groups is 1. The summed E-state index contributed by atoms with van der Waals surface area (Å²) in [5.41, 5.74) is 2.41. The largest absolute Gasteiger partial charge is 0.448 e. The van der Waals surface area contributed by atoms with Crippen molar-refractivity contribution in [3.05, 3.63) is 66.0 Å². The van der Waals surface area contributed by atoms with E-state index in [0.717, 1.165) is 5.56 Å². The number of amides is 2. The van der Waals surface area contributed by atoms with E-state index in [2.05, 4.69) is 20.6 Å². The average molecular weight is 338 g/mol. The quantitative estimate of drug-likeness (QED) is 0.738. The minimum atomic E-state index is -0.351. The van der Waals surface area contributed by atoms with Gasteiger partial charge in [0.2, 0.25) is 5.88 Å². The van der Waals surface area contributed by atoms with Crippen LogP contribution in [0.4, 0.5) is 10.5 Å². The van der Waals surface area contributed by atoms with E-state index >= 15 is 0 Å². The van der Waals surface area contributed by atoms with E-state index < -0.39 is 0 Å². The standard InChI is InChI=1S/C18H18N4O3/c1-12-3-6-15(7-4-12)25-17-8-5-14(9-19-17)22-18(23)20-10-16-13(2)24-11-21-16/h3-9,11H,10H2,1-2H3,(H2,20,22,23). The number of urea groups is 1. The maximum absolute atomic E-state index is 11.9. The number of benzene rings is 1. The van der Waals surface area contributed by atoms with Crippen LogP contribution in [-0.4, -0.2) is 16.0 Å². The highest BCUT2D eigenvalue weighted by atomic mass is 16.5. The van der Waals surface area contributed by atoms with Crippen LogP contribution in [0.3, 0.4) is 0 Å². The number of pyridine rings is 1. The molecule has 0 saturated heterocycles. The van der Waals surface area contributed by atoms with Gasteiger partial charge in [-0.3, -0.25) is 0 Å². The Kier molecular flexibility index (Phi) is 4.94. The molecule has 0 aliphatic heterocycles. The zero-order valence-electron chi connectivity index (χ0n) is 13.9. The molecule has 0 aliphatic carbocycles. The van der Waals surface area contributed by atoms with Crippen molar-refractivity contribution in [2.24, 2.45) is 0 Å². The van der Waals surface area contributed by atoms with Crippen molar-refractivity contribution in [3.8, 4) is 11.6 Å². The predicted molar refractivity (Wildman–Crippen MR) is 92.6 cm³/mol. The Morgan fingerprint density at radius 3 is 2.56 bits per heavy atom. The molecule has 0 spiro atoms. The van der Waals surface area contributed by atoms with E-state index in [1.165, 1.54) is 12.6 Å². The maximum Gasteiger partial charge on any atom is 0.319 e. The number of hydrogen-bond acceptors (Lipinski definition) is 5. The van der Waals surface area contributed by atoms with Crippen LogP contribution in [-0.2, 0) is 6.54 Å². The molecule has 7 heteroatoms. The van der Waals surface area contributed by atoms with Gasteiger partial charge >= 0.3 is 6.03 Å². The Bertz CT molecular complexity index is 842. The molecule has 2 N–H and O–H groups in total. The summed E-state index contributed by atoms with van der Waals surface area (Å²) in [7, 11) is 0. The summed E-state index contributed by atoms with van der Waals surface area (Å²) < 4.78 is 10.7. The molecule has 2 heterocycles. The summed E-state index contributed by atoms with van der Waals surface area (Å²) in [5, 5.41) is 5.40. The SMILES string of the molecule is Cc1ccc(Oc2ccc(NC(=O)NCc3ncoc3C)cn2)cc1. The van der Waals surface area contributed by atoms with E-state index in [0.29, 0.717) is 28.8 Å². The highest BCUT2D eigenvalue weighted by molar-refractivity contribution is 5.88. The molecule has 128 valence electrons. The summed E-state index contributed by atoms with van der Waals surface area (Å²) >= 11 is 0. The molecule has 2 aromatic heterocycles. The molecule has 0 saturated carbocycles. The van der Waals surface area contributed by atoms with E-state index in [4.69, 9.17) is 9.15 Å². The topological polar surface area (TPSA) is 89.3 Å². The first kappa shape index (κ1) is 16.5. The van der Waals surface area contributed by atoms with Crippen molar-refractivity contribution in [1.82, 2.24) is 15.3 Å². The maximum atomic E-state index is 11.9. The second-order valence-corrected chi connectivity index (χ2v) is 5.46. The summed E-state index contributed by atoms with van der Waals surface area (Å²) in [6, 6.07) is 10.7. The summed E-state index contributed by atoms with van der Waals surface area (Å²) in [5.74, 6) is 1.84. The van der Waals surface area contributed by atoms with Crippen molar-refractivity contribution in [1.29, 1.82) is 0 Å². The van der Waals surface area contributed by atoms with Crippen LogP contribution in [0, 0.1) is 13.8 Å². The molecular formula is C18H18N4O3. The molecule has 7 nitrogen and oxygen atoms in total. The number of nitrogens with one attached hydrogen (secondary N) is 2. The summed E-state index contributed by atoms with van der Waals surface area (Å²) in [6.07, 6.45) is 2.88. The van der Waals surface area contributed by atoms with Gasteiger partial charge in [0.1, 0.15) is 17.2 Å². The third-order valence-corrected chi connectivity index (χ3v) is 3.50. The Morgan fingerprint density at radius 2 is 1.92 bits per heavy atom. The molecule has 0 bridgehead atoms. The summed E-state index contributed by atoms with van der Waals surface area (Å²) in [6.45, 7) is 4.09. The average Bonchev–Trinajstić information content (AvgIpc) is 3.02. The number of aryl methyl sites for hydroxylation is 2. The van der Waals surface area contributed by atoms with Gasteiger partial charge < -0.3 is 19.8 Å². The normalized spacial score (nSPS) is 10.3. The minimum absolute atomic E-state index is 0.288. The molecule has 3 aromatic rings. The predicted octanol–water partition coefficient (Wildman–Crippen LogP) is 3.80. The highest BCUT2D eigenvalue weighted by Crippen LogP contribution is 2.20. The molecule has 2 amide bonds. The van der Waals surface area contributed by atoms with E-state index in [-0.39, 0.29) is 12.6 Å². The molecule has 0 aliphatic rings. The number of oxazole rings is 1. The van der Waals surface area contributed by atoms with Gasteiger partial charge in [-0.1, -0.05) is 17.7 Å². The monoisotopic (exact) mass is 338 g/mol. The van der Waals surface area contributed by atoms with Gasteiger partial charge in [-0.25, -0.2) is 14.8 Å². The van der Waals surface area contributed by atoms with Crippen LogP contribution in [0.5, 0.6) is 11.6 Å². The fraction of sp³-hybridized carbons (Fsp3) is 0.167. The third kappa shape index (κ3) is 4.57. The lowest BCUT2D eigenvalue weighted by atomic mass is 10.2. The van der Waals surface area contributed by atoms with Crippen molar-refractivity contribution >= 4 is 11.7 Å². The lowest BCUT2D eigenvalue weighted by Gasteiger charge is -2.08. The number of carbonyl (C=O) groups excluding carboxylic acids is 1. The zero-order chi connectivity index (χ0) is 17.6. The van der Waals surface area contributed by atoms with Crippen molar-refractivity contribution in [2.45, 2.75) is 20.4 Å². The minimum Gasteiger partial charge on any atom is -0.448 e. The van der Waals surface area contributed by atoms with Crippen LogP contribution in [0.1, 0.15) is 17.0 Å². The van der Waals surface area contributed by atoms with Crippen molar-refractivity contribution in [2.75, 3.05) is 5.32 Å². The van der Waals surface area contributed by atoms with E-state index in [1.807, 2.05) is 31.2 Å². The Labute approximate surface area is 145 Å². The fourth-order valence-corrected chi connectivity index (χ4v) is 2.08. The molecule has 0 atom stereocenters. The Hall–Kier alpha value is -3.35. The molecule has 0 fully saturated rings. The van der Waals surface area contributed by atoms with Gasteiger partial charge in [0.25, 0.3) is 0 Å². The van der Waals surface area contributed by atoms with Crippen molar-refractivity contribution < 1.29 is 13.9 Å². The molecular weight excluding hydrogens is 320 g/mol. The van der Waals surface area contributed by atoms with Crippen LogP contribution in [0.15, 0.2) is 53.4 Å². The van der Waals surface area contributed by atoms with Gasteiger partial charge in [0.05, 0.1) is 18.4 Å². The number of rotatable bonds is 5. The van der Waals surface area contributed by atoms with Gasteiger partial charge in [0.15, 0.2) is 6.39 Å². The lowest BCUT2D eigenvalue weighted by molar-refractivity contribution is 0.251.